The molecule has 114 valence electrons. The van der Waals surface area contributed by atoms with Gasteiger partial charge in [0.05, 0.1) is 11.4 Å². The van der Waals surface area contributed by atoms with Gasteiger partial charge in [-0.1, -0.05) is 36.0 Å². The topological polar surface area (TPSA) is 29.5 Å². The van der Waals surface area contributed by atoms with E-state index in [1.807, 2.05) is 19.1 Å². The van der Waals surface area contributed by atoms with Crippen molar-refractivity contribution in [2.24, 2.45) is 0 Å². The summed E-state index contributed by atoms with van der Waals surface area (Å²) in [5.74, 6) is -0.253. The molecule has 0 saturated carbocycles. The van der Waals surface area contributed by atoms with Crippen LogP contribution in [0, 0.1) is 0 Å². The van der Waals surface area contributed by atoms with E-state index in [1.165, 1.54) is 22.4 Å². The van der Waals surface area contributed by atoms with Crippen LogP contribution >= 0.6 is 11.8 Å². The second-order valence-corrected chi connectivity index (χ2v) is 6.34. The minimum Gasteiger partial charge on any atom is -0.458 e. The molecule has 1 atom stereocenters. The van der Waals surface area contributed by atoms with E-state index in [0.717, 1.165) is 17.8 Å². The molecule has 0 radical (unpaired) electrons. The van der Waals surface area contributed by atoms with Gasteiger partial charge in [0.25, 0.3) is 0 Å². The zero-order valence-electron chi connectivity index (χ0n) is 13.0. The van der Waals surface area contributed by atoms with Gasteiger partial charge in [0.15, 0.2) is 0 Å². The SMILES string of the molecule is CCN1c2ccccc2Sc2cccc([C@@H](C)OC(C)=O)c21. The number of hydrogen-bond donors (Lipinski definition) is 0. The zero-order chi connectivity index (χ0) is 15.7. The van der Waals surface area contributed by atoms with E-state index < -0.39 is 0 Å². The first kappa shape index (κ1) is 15.0. The number of fused-ring (bicyclic) bond motifs is 2. The van der Waals surface area contributed by atoms with Crippen molar-refractivity contribution in [1.82, 2.24) is 0 Å². The fourth-order valence-corrected chi connectivity index (χ4v) is 4.02. The summed E-state index contributed by atoms with van der Waals surface area (Å²) < 4.78 is 5.41. The maximum absolute atomic E-state index is 11.3. The predicted molar refractivity (Wildman–Crippen MR) is 89.9 cm³/mol. The number of rotatable bonds is 3. The molecular formula is C18H19NO2S. The largest absolute Gasteiger partial charge is 0.458 e. The van der Waals surface area contributed by atoms with Gasteiger partial charge in [0, 0.05) is 28.8 Å². The van der Waals surface area contributed by atoms with Crippen molar-refractivity contribution < 1.29 is 9.53 Å². The van der Waals surface area contributed by atoms with Gasteiger partial charge in [-0.3, -0.25) is 4.79 Å². The molecule has 2 aromatic rings. The highest BCUT2D eigenvalue weighted by Crippen LogP contribution is 2.50. The van der Waals surface area contributed by atoms with Gasteiger partial charge >= 0.3 is 5.97 Å². The Labute approximate surface area is 135 Å². The lowest BCUT2D eigenvalue weighted by Crippen LogP contribution is -2.22. The maximum Gasteiger partial charge on any atom is 0.303 e. The number of carbonyl (C=O) groups excluding carboxylic acids is 1. The second-order valence-electron chi connectivity index (χ2n) is 5.26. The van der Waals surface area contributed by atoms with E-state index in [2.05, 4.69) is 42.2 Å². The lowest BCUT2D eigenvalue weighted by atomic mass is 10.1. The number of nitrogens with zero attached hydrogens (tertiary/aromatic N) is 1. The highest BCUT2D eigenvalue weighted by molar-refractivity contribution is 7.99. The normalized spacial score (nSPS) is 14.0. The summed E-state index contributed by atoms with van der Waals surface area (Å²) in [4.78, 5) is 16.1. The Morgan fingerprint density at radius 3 is 2.64 bits per heavy atom. The lowest BCUT2D eigenvalue weighted by molar-refractivity contribution is -0.145. The molecule has 0 amide bonds. The maximum atomic E-state index is 11.3. The molecule has 0 unspecified atom stereocenters. The van der Waals surface area contributed by atoms with Crippen molar-refractivity contribution in [1.29, 1.82) is 0 Å². The van der Waals surface area contributed by atoms with Crippen molar-refractivity contribution in [3.05, 3.63) is 48.0 Å². The first-order valence-electron chi connectivity index (χ1n) is 7.46. The number of para-hydroxylation sites is 2. The number of carbonyl (C=O) groups is 1. The van der Waals surface area contributed by atoms with E-state index in [0.29, 0.717) is 0 Å². The molecule has 0 aliphatic carbocycles. The van der Waals surface area contributed by atoms with Crippen molar-refractivity contribution in [3.63, 3.8) is 0 Å². The van der Waals surface area contributed by atoms with Crippen molar-refractivity contribution in [2.45, 2.75) is 36.7 Å². The molecule has 4 heteroatoms. The Morgan fingerprint density at radius 1 is 1.18 bits per heavy atom. The third kappa shape index (κ3) is 2.59. The van der Waals surface area contributed by atoms with Gasteiger partial charge in [-0.25, -0.2) is 0 Å². The van der Waals surface area contributed by atoms with Crippen LogP contribution in [0.4, 0.5) is 11.4 Å². The third-order valence-electron chi connectivity index (χ3n) is 3.77. The van der Waals surface area contributed by atoms with Gasteiger partial charge in [-0.15, -0.1) is 0 Å². The van der Waals surface area contributed by atoms with E-state index in [9.17, 15) is 4.79 Å². The summed E-state index contributed by atoms with van der Waals surface area (Å²) in [6.45, 7) is 6.39. The Kier molecular flexibility index (Phi) is 4.12. The van der Waals surface area contributed by atoms with Gasteiger partial charge in [0.1, 0.15) is 6.10 Å². The van der Waals surface area contributed by atoms with Crippen LogP contribution in [-0.2, 0) is 9.53 Å². The number of esters is 1. The van der Waals surface area contributed by atoms with E-state index in [1.54, 1.807) is 11.8 Å². The molecule has 0 spiro atoms. The van der Waals surface area contributed by atoms with E-state index in [4.69, 9.17) is 4.74 Å². The smallest absolute Gasteiger partial charge is 0.303 e. The average Bonchev–Trinajstić information content (AvgIpc) is 2.51. The van der Waals surface area contributed by atoms with Crippen molar-refractivity contribution in [3.8, 4) is 0 Å². The molecule has 0 fully saturated rings. The zero-order valence-corrected chi connectivity index (χ0v) is 13.8. The van der Waals surface area contributed by atoms with Crippen LogP contribution in [0.3, 0.4) is 0 Å². The van der Waals surface area contributed by atoms with Crippen molar-refractivity contribution in [2.75, 3.05) is 11.4 Å². The fraction of sp³-hybridized carbons (Fsp3) is 0.278. The molecule has 1 aliphatic rings. The first-order valence-corrected chi connectivity index (χ1v) is 8.28. The van der Waals surface area contributed by atoms with Gasteiger partial charge < -0.3 is 9.64 Å². The van der Waals surface area contributed by atoms with Gasteiger partial charge in [-0.05, 0) is 32.0 Å². The number of anilines is 2. The summed E-state index contributed by atoms with van der Waals surface area (Å²) in [6, 6.07) is 14.6. The lowest BCUT2D eigenvalue weighted by Gasteiger charge is -2.34. The predicted octanol–water partition coefficient (Wildman–Crippen LogP) is 4.93. The summed E-state index contributed by atoms with van der Waals surface area (Å²) in [5.41, 5.74) is 3.42. The minimum atomic E-state index is -0.257. The van der Waals surface area contributed by atoms with Gasteiger partial charge in [-0.2, -0.15) is 0 Å². The summed E-state index contributed by atoms with van der Waals surface area (Å²) in [6.07, 6.45) is -0.257. The number of hydrogen-bond acceptors (Lipinski definition) is 4. The molecule has 0 aromatic heterocycles. The Morgan fingerprint density at radius 2 is 1.91 bits per heavy atom. The molecule has 0 bridgehead atoms. The van der Waals surface area contributed by atoms with Crippen LogP contribution in [0.15, 0.2) is 52.3 Å². The fourth-order valence-electron chi connectivity index (χ4n) is 2.88. The van der Waals surface area contributed by atoms with Gasteiger partial charge in [0.2, 0.25) is 0 Å². The van der Waals surface area contributed by atoms with Crippen LogP contribution < -0.4 is 4.90 Å². The Balaban J connectivity index is 2.11. The average molecular weight is 313 g/mol. The van der Waals surface area contributed by atoms with Crippen LogP contribution in [0.2, 0.25) is 0 Å². The van der Waals surface area contributed by atoms with Crippen LogP contribution in [0.1, 0.15) is 32.4 Å². The van der Waals surface area contributed by atoms with E-state index >= 15 is 0 Å². The molecule has 0 saturated heterocycles. The Bertz CT molecular complexity index is 714. The number of benzene rings is 2. The standard InChI is InChI=1S/C18H19NO2S/c1-4-19-15-9-5-6-10-16(15)22-17-11-7-8-14(18(17)19)12(2)21-13(3)20/h5-12H,4H2,1-3H3/t12-/m1/s1. The van der Waals surface area contributed by atoms with Crippen molar-refractivity contribution >= 4 is 29.1 Å². The molecule has 2 aromatic carbocycles. The van der Waals surface area contributed by atoms with Crippen LogP contribution in [0.25, 0.3) is 0 Å². The first-order chi connectivity index (χ1) is 10.6. The molecule has 0 N–H and O–H groups in total. The summed E-state index contributed by atoms with van der Waals surface area (Å²) >= 11 is 1.77. The summed E-state index contributed by atoms with van der Waals surface area (Å²) in [5, 5.41) is 0. The third-order valence-corrected chi connectivity index (χ3v) is 4.89. The number of ether oxygens (including phenoxy) is 1. The van der Waals surface area contributed by atoms with E-state index in [-0.39, 0.29) is 12.1 Å². The molecule has 3 nitrogen and oxygen atoms in total. The molecule has 22 heavy (non-hydrogen) atoms. The molecule has 1 heterocycles. The molecular weight excluding hydrogens is 294 g/mol. The molecule has 3 rings (SSSR count). The van der Waals surface area contributed by atoms with Crippen LogP contribution in [-0.4, -0.2) is 12.5 Å². The monoisotopic (exact) mass is 313 g/mol. The summed E-state index contributed by atoms with van der Waals surface area (Å²) in [7, 11) is 0. The molecule has 1 aliphatic heterocycles. The highest BCUT2D eigenvalue weighted by atomic mass is 32.2. The second kappa shape index (κ2) is 6.05. The van der Waals surface area contributed by atoms with Crippen LogP contribution in [0.5, 0.6) is 0 Å². The highest BCUT2D eigenvalue weighted by Gasteiger charge is 2.27. The quantitative estimate of drug-likeness (QED) is 0.751. The Hall–Kier alpha value is -1.94. The minimum absolute atomic E-state index is 0.253.